The molecule has 0 aliphatic rings. The van der Waals surface area contributed by atoms with Crippen molar-refractivity contribution in [2.75, 3.05) is 12.8 Å². The summed E-state index contributed by atoms with van der Waals surface area (Å²) in [6.45, 7) is 2.59. The van der Waals surface area contributed by atoms with E-state index in [9.17, 15) is 4.79 Å². The number of nitrogens with zero attached hydrogens (tertiary/aromatic N) is 2. The first-order valence-electron chi connectivity index (χ1n) is 6.09. The van der Waals surface area contributed by atoms with E-state index >= 15 is 0 Å². The van der Waals surface area contributed by atoms with Crippen LogP contribution >= 0.6 is 0 Å². The summed E-state index contributed by atoms with van der Waals surface area (Å²) in [4.78, 5) is 17.8. The minimum Gasteiger partial charge on any atom is -0.383 e. The standard InChI is InChI=1S/C15H17N3O/c1-11-5-7-12(8-6-11)10-18(2)15(19)13-4-3-9-17-14(13)16/h3-9H,10H2,1-2H3,(H2,16,17). The molecule has 0 atom stereocenters. The van der Waals surface area contributed by atoms with Gasteiger partial charge in [-0.15, -0.1) is 0 Å². The lowest BCUT2D eigenvalue weighted by molar-refractivity contribution is 0.0786. The van der Waals surface area contributed by atoms with Crippen LogP contribution in [-0.4, -0.2) is 22.8 Å². The Balaban J connectivity index is 2.12. The Bertz CT molecular complexity index is 578. The van der Waals surface area contributed by atoms with Crippen molar-refractivity contribution >= 4 is 11.7 Å². The topological polar surface area (TPSA) is 59.2 Å². The van der Waals surface area contributed by atoms with E-state index in [4.69, 9.17) is 5.73 Å². The third-order valence-corrected chi connectivity index (χ3v) is 2.96. The monoisotopic (exact) mass is 255 g/mol. The number of amides is 1. The highest BCUT2D eigenvalue weighted by molar-refractivity contribution is 5.98. The zero-order valence-electron chi connectivity index (χ0n) is 11.1. The summed E-state index contributed by atoms with van der Waals surface area (Å²) in [5.74, 6) is 0.148. The maximum absolute atomic E-state index is 12.2. The van der Waals surface area contributed by atoms with Crippen LogP contribution in [0.15, 0.2) is 42.6 Å². The van der Waals surface area contributed by atoms with Crippen LogP contribution in [0.1, 0.15) is 21.5 Å². The van der Waals surface area contributed by atoms with Gasteiger partial charge in [-0.2, -0.15) is 0 Å². The van der Waals surface area contributed by atoms with Gasteiger partial charge >= 0.3 is 0 Å². The van der Waals surface area contributed by atoms with Crippen LogP contribution in [0.3, 0.4) is 0 Å². The quantitative estimate of drug-likeness (QED) is 0.915. The van der Waals surface area contributed by atoms with Crippen molar-refractivity contribution in [1.29, 1.82) is 0 Å². The maximum Gasteiger partial charge on any atom is 0.257 e. The predicted molar refractivity (Wildman–Crippen MR) is 75.6 cm³/mol. The summed E-state index contributed by atoms with van der Waals surface area (Å²) >= 11 is 0. The first-order chi connectivity index (χ1) is 9.08. The average Bonchev–Trinajstić information content (AvgIpc) is 2.41. The van der Waals surface area contributed by atoms with Gasteiger partial charge < -0.3 is 10.6 Å². The number of carbonyl (C=O) groups excluding carboxylic acids is 1. The molecule has 0 fully saturated rings. The van der Waals surface area contributed by atoms with Crippen molar-refractivity contribution in [1.82, 2.24) is 9.88 Å². The normalized spacial score (nSPS) is 10.2. The second-order valence-corrected chi connectivity index (χ2v) is 4.58. The molecule has 0 radical (unpaired) electrons. The van der Waals surface area contributed by atoms with E-state index < -0.39 is 0 Å². The number of carbonyl (C=O) groups is 1. The molecule has 0 saturated heterocycles. The molecule has 1 amide bonds. The van der Waals surface area contributed by atoms with E-state index in [-0.39, 0.29) is 11.7 Å². The van der Waals surface area contributed by atoms with Gasteiger partial charge in [-0.1, -0.05) is 29.8 Å². The molecule has 2 aromatic rings. The van der Waals surface area contributed by atoms with E-state index in [0.29, 0.717) is 12.1 Å². The second-order valence-electron chi connectivity index (χ2n) is 4.58. The molecule has 0 aliphatic heterocycles. The van der Waals surface area contributed by atoms with E-state index in [1.165, 1.54) is 5.56 Å². The number of hydrogen-bond acceptors (Lipinski definition) is 3. The zero-order chi connectivity index (χ0) is 13.8. The number of hydrogen-bond donors (Lipinski definition) is 1. The molecule has 2 rings (SSSR count). The minimum absolute atomic E-state index is 0.119. The molecule has 2 N–H and O–H groups in total. The highest BCUT2D eigenvalue weighted by Crippen LogP contribution is 2.12. The summed E-state index contributed by atoms with van der Waals surface area (Å²) in [7, 11) is 1.76. The summed E-state index contributed by atoms with van der Waals surface area (Å²) in [5, 5.41) is 0. The number of benzene rings is 1. The first kappa shape index (κ1) is 13.1. The van der Waals surface area contributed by atoms with Crippen LogP contribution in [0.4, 0.5) is 5.82 Å². The second kappa shape index (κ2) is 5.52. The number of nitrogens with two attached hydrogens (primary N) is 1. The van der Waals surface area contributed by atoms with Gasteiger partial charge in [0.05, 0.1) is 5.56 Å². The fourth-order valence-corrected chi connectivity index (χ4v) is 1.84. The summed E-state index contributed by atoms with van der Waals surface area (Å²) in [6, 6.07) is 11.5. The molecular weight excluding hydrogens is 238 g/mol. The Morgan fingerprint density at radius 3 is 2.58 bits per heavy atom. The third-order valence-electron chi connectivity index (χ3n) is 2.96. The van der Waals surface area contributed by atoms with Gasteiger partial charge in [-0.05, 0) is 24.6 Å². The fraction of sp³-hybridized carbons (Fsp3) is 0.200. The van der Waals surface area contributed by atoms with Gasteiger partial charge in [0.25, 0.3) is 5.91 Å². The van der Waals surface area contributed by atoms with Gasteiger partial charge in [0.15, 0.2) is 0 Å². The van der Waals surface area contributed by atoms with E-state index in [1.54, 1.807) is 30.3 Å². The van der Waals surface area contributed by atoms with Crippen molar-refractivity contribution in [3.63, 3.8) is 0 Å². The van der Waals surface area contributed by atoms with Crippen molar-refractivity contribution < 1.29 is 4.79 Å². The predicted octanol–water partition coefficient (Wildman–Crippen LogP) is 2.24. The van der Waals surface area contributed by atoms with Gasteiger partial charge in [-0.25, -0.2) is 4.98 Å². The zero-order valence-corrected chi connectivity index (χ0v) is 11.1. The molecule has 0 spiro atoms. The van der Waals surface area contributed by atoms with E-state index in [2.05, 4.69) is 4.98 Å². The summed E-state index contributed by atoms with van der Waals surface area (Å²) in [6.07, 6.45) is 1.58. The number of rotatable bonds is 3. The molecule has 0 saturated carbocycles. The molecule has 1 aromatic heterocycles. The van der Waals surface area contributed by atoms with Gasteiger partial charge in [0.1, 0.15) is 5.82 Å². The number of nitrogen functional groups attached to an aromatic ring is 1. The molecule has 0 bridgehead atoms. The lowest BCUT2D eigenvalue weighted by atomic mass is 10.1. The lowest BCUT2D eigenvalue weighted by Gasteiger charge is -2.18. The molecule has 1 aromatic carbocycles. The largest absolute Gasteiger partial charge is 0.383 e. The molecule has 0 aliphatic carbocycles. The van der Waals surface area contributed by atoms with Gasteiger partial charge in [0, 0.05) is 19.8 Å². The minimum atomic E-state index is -0.119. The third kappa shape index (κ3) is 3.10. The SMILES string of the molecule is Cc1ccc(CN(C)C(=O)c2cccnc2N)cc1. The maximum atomic E-state index is 12.2. The Hall–Kier alpha value is -2.36. The van der Waals surface area contributed by atoms with Crippen molar-refractivity contribution in [3.05, 3.63) is 59.3 Å². The highest BCUT2D eigenvalue weighted by atomic mass is 16.2. The first-order valence-corrected chi connectivity index (χ1v) is 6.09. The van der Waals surface area contributed by atoms with Gasteiger partial charge in [0.2, 0.25) is 0 Å². The van der Waals surface area contributed by atoms with Crippen LogP contribution in [0, 0.1) is 6.92 Å². The van der Waals surface area contributed by atoms with Crippen molar-refractivity contribution in [2.45, 2.75) is 13.5 Å². The molecule has 0 unspecified atom stereocenters. The van der Waals surface area contributed by atoms with Crippen LogP contribution < -0.4 is 5.73 Å². The Morgan fingerprint density at radius 2 is 1.95 bits per heavy atom. The van der Waals surface area contributed by atoms with E-state index in [1.807, 2.05) is 31.2 Å². The molecule has 19 heavy (non-hydrogen) atoms. The molecular formula is C15H17N3O. The Kier molecular flexibility index (Phi) is 3.80. The van der Waals surface area contributed by atoms with Crippen molar-refractivity contribution in [3.8, 4) is 0 Å². The number of pyridine rings is 1. The van der Waals surface area contributed by atoms with E-state index in [0.717, 1.165) is 5.56 Å². The molecule has 4 heteroatoms. The molecule has 4 nitrogen and oxygen atoms in total. The van der Waals surface area contributed by atoms with Crippen LogP contribution in [-0.2, 0) is 6.54 Å². The summed E-state index contributed by atoms with van der Waals surface area (Å²) in [5.41, 5.74) is 8.45. The number of aryl methyl sites for hydroxylation is 1. The fourth-order valence-electron chi connectivity index (χ4n) is 1.84. The highest BCUT2D eigenvalue weighted by Gasteiger charge is 2.15. The Labute approximate surface area is 112 Å². The van der Waals surface area contributed by atoms with Gasteiger partial charge in [-0.3, -0.25) is 4.79 Å². The van der Waals surface area contributed by atoms with Crippen LogP contribution in [0.25, 0.3) is 0 Å². The Morgan fingerprint density at radius 1 is 1.26 bits per heavy atom. The van der Waals surface area contributed by atoms with Crippen molar-refractivity contribution in [2.24, 2.45) is 0 Å². The van der Waals surface area contributed by atoms with Crippen LogP contribution in [0.2, 0.25) is 0 Å². The van der Waals surface area contributed by atoms with Crippen LogP contribution in [0.5, 0.6) is 0 Å². The summed E-state index contributed by atoms with van der Waals surface area (Å²) < 4.78 is 0. The smallest absolute Gasteiger partial charge is 0.257 e. The number of anilines is 1. The average molecular weight is 255 g/mol. The lowest BCUT2D eigenvalue weighted by Crippen LogP contribution is -2.27. The molecule has 1 heterocycles. The number of aromatic nitrogens is 1. The molecule has 98 valence electrons.